The van der Waals surface area contributed by atoms with Gasteiger partial charge in [-0.25, -0.2) is 14.6 Å². The van der Waals surface area contributed by atoms with Gasteiger partial charge in [-0.3, -0.25) is 9.59 Å². The number of carbonyl (C=O) groups excluding carboxylic acids is 3. The molecular formula is C20H20FN3O5. The summed E-state index contributed by atoms with van der Waals surface area (Å²) in [6.07, 6.45) is 1.35. The average molecular weight is 401 g/mol. The molecule has 0 saturated carbocycles. The molecule has 0 spiro atoms. The molecule has 2 rings (SSSR count). The van der Waals surface area contributed by atoms with Gasteiger partial charge in [0.2, 0.25) is 5.91 Å². The second kappa shape index (κ2) is 10.5. The number of hydrogen-bond acceptors (Lipinski definition) is 6. The fraction of sp³-hybridized carbons (Fsp3) is 0.200. The molecule has 0 aliphatic carbocycles. The van der Waals surface area contributed by atoms with Crippen molar-refractivity contribution in [3.8, 4) is 5.75 Å². The first-order valence-electron chi connectivity index (χ1n) is 8.58. The predicted molar refractivity (Wildman–Crippen MR) is 104 cm³/mol. The van der Waals surface area contributed by atoms with Crippen LogP contribution in [-0.4, -0.2) is 37.7 Å². The maximum atomic E-state index is 13.6. The number of esters is 1. The predicted octanol–water partition coefficient (Wildman–Crippen LogP) is 2.10. The fourth-order valence-electron chi connectivity index (χ4n) is 2.08. The number of nitrogens with zero attached hydrogens (tertiary/aromatic N) is 1. The van der Waals surface area contributed by atoms with Crippen LogP contribution in [0.2, 0.25) is 0 Å². The van der Waals surface area contributed by atoms with Gasteiger partial charge in [0, 0.05) is 0 Å². The van der Waals surface area contributed by atoms with Crippen molar-refractivity contribution in [1.29, 1.82) is 0 Å². The van der Waals surface area contributed by atoms with Crippen LogP contribution in [0.1, 0.15) is 12.5 Å². The Bertz CT molecular complexity index is 916. The van der Waals surface area contributed by atoms with E-state index in [9.17, 15) is 18.8 Å². The summed E-state index contributed by atoms with van der Waals surface area (Å²) in [5.74, 6) is -3.11. The van der Waals surface area contributed by atoms with E-state index in [0.29, 0.717) is 11.3 Å². The minimum absolute atomic E-state index is 0.00980. The van der Waals surface area contributed by atoms with E-state index in [-0.39, 0.29) is 12.3 Å². The maximum Gasteiger partial charge on any atom is 0.343 e. The van der Waals surface area contributed by atoms with Crippen LogP contribution in [0.3, 0.4) is 0 Å². The van der Waals surface area contributed by atoms with Crippen LogP contribution >= 0.6 is 0 Å². The summed E-state index contributed by atoms with van der Waals surface area (Å²) in [6.45, 7) is 1.14. The lowest BCUT2D eigenvalue weighted by atomic mass is 10.1. The lowest BCUT2D eigenvalue weighted by molar-refractivity contribution is -0.143. The molecule has 0 aromatic heterocycles. The van der Waals surface area contributed by atoms with Gasteiger partial charge in [0.25, 0.3) is 5.91 Å². The Morgan fingerprint density at radius 1 is 1.14 bits per heavy atom. The number of rotatable bonds is 8. The normalized spacial score (nSPS) is 11.6. The van der Waals surface area contributed by atoms with Gasteiger partial charge in [-0.15, -0.1) is 0 Å². The van der Waals surface area contributed by atoms with E-state index in [4.69, 9.17) is 4.74 Å². The average Bonchev–Trinajstić information content (AvgIpc) is 2.73. The molecule has 29 heavy (non-hydrogen) atoms. The number of benzene rings is 2. The molecule has 9 heteroatoms. The topological polar surface area (TPSA) is 106 Å². The van der Waals surface area contributed by atoms with Crippen molar-refractivity contribution in [3.63, 3.8) is 0 Å². The molecule has 1 unspecified atom stereocenters. The summed E-state index contributed by atoms with van der Waals surface area (Å²) >= 11 is 0. The number of nitrogens with one attached hydrogen (secondary N) is 2. The van der Waals surface area contributed by atoms with Gasteiger partial charge in [0.05, 0.1) is 19.0 Å². The smallest absolute Gasteiger partial charge is 0.343 e. The molecule has 0 fully saturated rings. The Hall–Kier alpha value is -3.75. The summed E-state index contributed by atoms with van der Waals surface area (Å²) in [6, 6.07) is 12.3. The largest absolute Gasteiger partial charge is 0.482 e. The molecule has 2 N–H and O–H groups in total. The molecule has 0 bridgehead atoms. The first kappa shape index (κ1) is 21.5. The maximum absolute atomic E-state index is 13.6. The standard InChI is InChI=1S/C20H20FN3O5/c1-13(19(26)23-17-9-4-3-8-16(17)21)20(27)24-22-11-14-6-5-7-15(10-14)29-12-18(25)28-2/h3-11,13H,12H2,1-2H3,(H,23,26)(H,24,27). The van der Waals surface area contributed by atoms with Gasteiger partial charge < -0.3 is 14.8 Å². The third-order valence-electron chi connectivity index (χ3n) is 3.75. The third kappa shape index (κ3) is 6.73. The van der Waals surface area contributed by atoms with Crippen LogP contribution in [0.4, 0.5) is 10.1 Å². The van der Waals surface area contributed by atoms with Crippen LogP contribution in [0, 0.1) is 11.7 Å². The summed E-state index contributed by atoms with van der Waals surface area (Å²) < 4.78 is 23.3. The number of hydrogen-bond donors (Lipinski definition) is 2. The summed E-state index contributed by atoms with van der Waals surface area (Å²) in [7, 11) is 1.26. The van der Waals surface area contributed by atoms with Crippen molar-refractivity contribution in [2.45, 2.75) is 6.92 Å². The minimum atomic E-state index is -1.10. The van der Waals surface area contributed by atoms with Gasteiger partial charge in [0.15, 0.2) is 6.61 Å². The quantitative estimate of drug-likeness (QED) is 0.305. The molecule has 0 aliphatic rings. The summed E-state index contributed by atoms with van der Waals surface area (Å²) in [5, 5.41) is 6.15. The molecular weight excluding hydrogens is 381 g/mol. The van der Waals surface area contributed by atoms with Crippen molar-refractivity contribution in [2.24, 2.45) is 11.0 Å². The van der Waals surface area contributed by atoms with E-state index >= 15 is 0 Å². The minimum Gasteiger partial charge on any atom is -0.482 e. The number of methoxy groups -OCH3 is 1. The van der Waals surface area contributed by atoms with Crippen LogP contribution in [0.15, 0.2) is 53.6 Å². The van der Waals surface area contributed by atoms with Crippen LogP contribution in [0.5, 0.6) is 5.75 Å². The van der Waals surface area contributed by atoms with Crippen molar-refractivity contribution >= 4 is 29.7 Å². The highest BCUT2D eigenvalue weighted by Crippen LogP contribution is 2.14. The SMILES string of the molecule is COC(=O)COc1cccc(C=NNC(=O)C(C)C(=O)Nc2ccccc2F)c1. The number of para-hydroxylation sites is 1. The van der Waals surface area contributed by atoms with Crippen molar-refractivity contribution in [3.05, 3.63) is 59.9 Å². The van der Waals surface area contributed by atoms with Gasteiger partial charge in [0.1, 0.15) is 17.5 Å². The zero-order valence-corrected chi connectivity index (χ0v) is 15.8. The molecule has 1 atom stereocenters. The number of ether oxygens (including phenoxy) is 2. The third-order valence-corrected chi connectivity index (χ3v) is 3.75. The van der Waals surface area contributed by atoms with Crippen molar-refractivity contribution in [2.75, 3.05) is 19.0 Å². The molecule has 2 amide bonds. The number of hydrazone groups is 1. The Balaban J connectivity index is 1.89. The highest BCUT2D eigenvalue weighted by Gasteiger charge is 2.22. The summed E-state index contributed by atoms with van der Waals surface area (Å²) in [5.41, 5.74) is 2.84. The van der Waals surface area contributed by atoms with Gasteiger partial charge in [-0.2, -0.15) is 5.10 Å². The van der Waals surface area contributed by atoms with E-state index in [1.54, 1.807) is 30.3 Å². The van der Waals surface area contributed by atoms with Crippen LogP contribution in [-0.2, 0) is 19.1 Å². The monoisotopic (exact) mass is 401 g/mol. The first-order chi connectivity index (χ1) is 13.9. The lowest BCUT2D eigenvalue weighted by Crippen LogP contribution is -2.34. The molecule has 0 radical (unpaired) electrons. The molecule has 152 valence electrons. The van der Waals surface area contributed by atoms with Crippen LogP contribution < -0.4 is 15.5 Å². The molecule has 0 heterocycles. The van der Waals surface area contributed by atoms with Gasteiger partial charge in [-0.05, 0) is 36.8 Å². The number of amides is 2. The lowest BCUT2D eigenvalue weighted by Gasteiger charge is -2.11. The number of carbonyl (C=O) groups is 3. The first-order valence-corrected chi connectivity index (χ1v) is 8.58. The second-order valence-electron chi connectivity index (χ2n) is 5.86. The highest BCUT2D eigenvalue weighted by atomic mass is 19.1. The van der Waals surface area contributed by atoms with Crippen LogP contribution in [0.25, 0.3) is 0 Å². The zero-order valence-electron chi connectivity index (χ0n) is 15.8. The molecule has 8 nitrogen and oxygen atoms in total. The fourth-order valence-corrected chi connectivity index (χ4v) is 2.08. The zero-order chi connectivity index (χ0) is 21.2. The van der Waals surface area contributed by atoms with Crippen molar-refractivity contribution in [1.82, 2.24) is 5.43 Å². The molecule has 2 aromatic rings. The van der Waals surface area contributed by atoms with Gasteiger partial charge in [-0.1, -0.05) is 24.3 Å². The summed E-state index contributed by atoms with van der Waals surface area (Å²) in [4.78, 5) is 35.3. The van der Waals surface area contributed by atoms with E-state index in [0.717, 1.165) is 0 Å². The molecule has 0 aliphatic heterocycles. The van der Waals surface area contributed by atoms with E-state index in [2.05, 4.69) is 20.6 Å². The Morgan fingerprint density at radius 3 is 2.62 bits per heavy atom. The van der Waals surface area contributed by atoms with Crippen molar-refractivity contribution < 1.29 is 28.2 Å². The molecule has 2 aromatic carbocycles. The van der Waals surface area contributed by atoms with E-state index in [1.807, 2.05) is 0 Å². The second-order valence-corrected chi connectivity index (χ2v) is 5.86. The highest BCUT2D eigenvalue weighted by molar-refractivity contribution is 6.06. The number of halogens is 1. The van der Waals surface area contributed by atoms with E-state index < -0.39 is 29.5 Å². The van der Waals surface area contributed by atoms with E-state index in [1.165, 1.54) is 38.4 Å². The number of anilines is 1. The Morgan fingerprint density at radius 2 is 1.90 bits per heavy atom. The van der Waals surface area contributed by atoms with Gasteiger partial charge >= 0.3 is 5.97 Å². The Kier molecular flexibility index (Phi) is 7.84. The molecule has 0 saturated heterocycles. The Labute approximate surface area is 166 Å².